The minimum absolute atomic E-state index is 0.0410. The second-order valence-corrected chi connectivity index (χ2v) is 10.7. The zero-order valence-electron chi connectivity index (χ0n) is 20.3. The molecule has 0 saturated carbocycles. The highest BCUT2D eigenvalue weighted by Gasteiger charge is 2.23. The van der Waals surface area contributed by atoms with E-state index in [9.17, 15) is 9.59 Å². The number of anilines is 2. The summed E-state index contributed by atoms with van der Waals surface area (Å²) in [6.07, 6.45) is 1.85. The van der Waals surface area contributed by atoms with Gasteiger partial charge in [0, 0.05) is 17.0 Å². The van der Waals surface area contributed by atoms with E-state index in [1.807, 2.05) is 26.2 Å². The monoisotopic (exact) mass is 514 g/mol. The molecule has 3 aromatic rings. The average Bonchev–Trinajstić information content (AvgIpc) is 3.42. The Bertz CT molecular complexity index is 1210. The van der Waals surface area contributed by atoms with Crippen molar-refractivity contribution in [3.05, 3.63) is 39.8 Å². The van der Waals surface area contributed by atoms with E-state index >= 15 is 0 Å². The van der Waals surface area contributed by atoms with Crippen LogP contribution in [0.2, 0.25) is 0 Å². The summed E-state index contributed by atoms with van der Waals surface area (Å²) in [5.41, 5.74) is 7.94. The smallest absolute Gasteiger partial charge is 0.280 e. The summed E-state index contributed by atoms with van der Waals surface area (Å²) in [6.45, 7) is 7.71. The van der Waals surface area contributed by atoms with Crippen molar-refractivity contribution < 1.29 is 14.3 Å². The fourth-order valence-corrected chi connectivity index (χ4v) is 5.54. The topological polar surface area (TPSA) is 122 Å². The first kappa shape index (κ1) is 25.1. The molecular weight excluding hydrogens is 484 g/mol. The molecule has 4 rings (SSSR count). The van der Waals surface area contributed by atoms with Crippen molar-refractivity contribution in [3.8, 4) is 16.3 Å². The summed E-state index contributed by atoms with van der Waals surface area (Å²) in [6, 6.07) is 5.20. The van der Waals surface area contributed by atoms with Crippen LogP contribution >= 0.6 is 22.7 Å². The molecule has 2 aromatic heterocycles. The highest BCUT2D eigenvalue weighted by atomic mass is 32.1. The number of thiazole rings is 2. The lowest BCUT2D eigenvalue weighted by molar-refractivity contribution is 0.0915. The molecule has 0 bridgehead atoms. The van der Waals surface area contributed by atoms with Crippen LogP contribution in [0.3, 0.4) is 0 Å². The van der Waals surface area contributed by atoms with Crippen LogP contribution in [0.25, 0.3) is 10.6 Å². The van der Waals surface area contributed by atoms with E-state index in [-0.39, 0.29) is 18.1 Å². The summed E-state index contributed by atoms with van der Waals surface area (Å²) in [7, 11) is 2.10. The molecule has 1 aliphatic heterocycles. The molecule has 1 aromatic carbocycles. The van der Waals surface area contributed by atoms with E-state index in [1.165, 1.54) is 22.7 Å². The number of hydrogen-bond acceptors (Lipinski definition) is 9. The zero-order valence-corrected chi connectivity index (χ0v) is 21.9. The molecule has 3 heterocycles. The van der Waals surface area contributed by atoms with Crippen LogP contribution in [0.15, 0.2) is 23.6 Å². The molecule has 186 valence electrons. The third-order valence-electron chi connectivity index (χ3n) is 5.65. The molecule has 9 nitrogen and oxygen atoms in total. The molecule has 35 heavy (non-hydrogen) atoms. The Hall–Kier alpha value is -3.02. The molecule has 1 fully saturated rings. The molecule has 4 N–H and O–H groups in total. The number of likely N-dealkylation sites (tertiary alicyclic amines) is 1. The number of carbonyl (C=O) groups excluding carboxylic acids is 2. The first-order chi connectivity index (χ1) is 16.7. The molecule has 0 radical (unpaired) electrons. The largest absolute Gasteiger partial charge is 0.489 e. The second kappa shape index (κ2) is 10.7. The molecule has 0 unspecified atom stereocenters. The van der Waals surface area contributed by atoms with Crippen molar-refractivity contribution in [2.24, 2.45) is 5.73 Å². The molecule has 1 aliphatic rings. The van der Waals surface area contributed by atoms with Gasteiger partial charge in [-0.1, -0.05) is 0 Å². The van der Waals surface area contributed by atoms with Crippen molar-refractivity contribution >= 4 is 45.3 Å². The van der Waals surface area contributed by atoms with E-state index in [4.69, 9.17) is 15.5 Å². The maximum atomic E-state index is 12.8. The van der Waals surface area contributed by atoms with Crippen molar-refractivity contribution in [1.29, 1.82) is 0 Å². The number of rotatable bonds is 8. The van der Waals surface area contributed by atoms with Crippen LogP contribution < -0.4 is 21.1 Å². The van der Waals surface area contributed by atoms with Gasteiger partial charge in [0.2, 0.25) is 5.91 Å². The van der Waals surface area contributed by atoms with Gasteiger partial charge in [-0.3, -0.25) is 9.59 Å². The van der Waals surface area contributed by atoms with Gasteiger partial charge in [0.25, 0.3) is 5.91 Å². The van der Waals surface area contributed by atoms with Gasteiger partial charge >= 0.3 is 0 Å². The van der Waals surface area contributed by atoms with E-state index in [0.717, 1.165) is 42.2 Å². The fourth-order valence-electron chi connectivity index (χ4n) is 3.82. The molecule has 0 spiro atoms. The van der Waals surface area contributed by atoms with Gasteiger partial charge in [-0.05, 0) is 71.9 Å². The van der Waals surface area contributed by atoms with E-state index in [2.05, 4.69) is 27.6 Å². The Morgan fingerprint density at radius 2 is 1.97 bits per heavy atom. The van der Waals surface area contributed by atoms with Gasteiger partial charge in [-0.15, -0.1) is 22.7 Å². The molecule has 0 aliphatic carbocycles. The van der Waals surface area contributed by atoms with Crippen molar-refractivity contribution in [2.75, 3.05) is 25.5 Å². The minimum Gasteiger partial charge on any atom is -0.489 e. The maximum Gasteiger partial charge on any atom is 0.280 e. The number of carbonyl (C=O) groups is 2. The van der Waals surface area contributed by atoms with Crippen LogP contribution in [-0.2, 0) is 0 Å². The zero-order chi connectivity index (χ0) is 25.1. The highest BCUT2D eigenvalue weighted by molar-refractivity contribution is 7.18. The van der Waals surface area contributed by atoms with Gasteiger partial charge in [0.1, 0.15) is 5.75 Å². The van der Waals surface area contributed by atoms with Gasteiger partial charge in [-0.2, -0.15) is 0 Å². The second-order valence-electron chi connectivity index (χ2n) is 8.89. The number of ether oxygens (including phenoxy) is 1. The Kier molecular flexibility index (Phi) is 7.68. The number of aryl methyl sites for hydroxylation is 1. The quantitative estimate of drug-likeness (QED) is 0.415. The normalized spacial score (nSPS) is 14.8. The van der Waals surface area contributed by atoms with Crippen molar-refractivity contribution in [2.45, 2.75) is 45.8 Å². The summed E-state index contributed by atoms with van der Waals surface area (Å²) < 4.78 is 5.87. The number of amides is 2. The first-order valence-electron chi connectivity index (χ1n) is 11.5. The third-order valence-corrected chi connectivity index (χ3v) is 7.59. The highest BCUT2D eigenvalue weighted by Crippen LogP contribution is 2.35. The van der Waals surface area contributed by atoms with Crippen LogP contribution in [0.5, 0.6) is 5.75 Å². The Morgan fingerprint density at radius 1 is 1.23 bits per heavy atom. The van der Waals surface area contributed by atoms with Gasteiger partial charge < -0.3 is 26.0 Å². The SMILES string of the molecule is Cc1nc(C(=O)NC2CCN(C)CC2)sc1-c1csc(Nc2cc(C(N)=O)ccc2OC(C)C)n1. The predicted octanol–water partition coefficient (Wildman–Crippen LogP) is 4.03. The fraction of sp³-hybridized carbons (Fsp3) is 0.417. The maximum absolute atomic E-state index is 12.8. The third kappa shape index (κ3) is 6.16. The van der Waals surface area contributed by atoms with Crippen LogP contribution in [-0.4, -0.2) is 59.0 Å². The van der Waals surface area contributed by atoms with Crippen LogP contribution in [0, 0.1) is 6.92 Å². The van der Waals surface area contributed by atoms with E-state index in [1.54, 1.807) is 18.2 Å². The summed E-state index contributed by atoms with van der Waals surface area (Å²) in [4.78, 5) is 36.8. The number of nitrogens with zero attached hydrogens (tertiary/aromatic N) is 3. The average molecular weight is 515 g/mol. The molecule has 1 saturated heterocycles. The van der Waals surface area contributed by atoms with Crippen LogP contribution in [0.1, 0.15) is 52.5 Å². The summed E-state index contributed by atoms with van der Waals surface area (Å²) in [5, 5.41) is 9.36. The number of primary amides is 1. The lowest BCUT2D eigenvalue weighted by atomic mass is 10.1. The molecule has 2 amide bonds. The minimum atomic E-state index is -0.518. The number of piperidine rings is 1. The molecule has 11 heteroatoms. The lowest BCUT2D eigenvalue weighted by Gasteiger charge is -2.29. The summed E-state index contributed by atoms with van der Waals surface area (Å²) >= 11 is 2.76. The Morgan fingerprint density at radius 3 is 2.66 bits per heavy atom. The molecular formula is C24H30N6O3S2. The van der Waals surface area contributed by atoms with Gasteiger partial charge in [0.05, 0.1) is 28.1 Å². The number of nitrogens with one attached hydrogen (secondary N) is 2. The van der Waals surface area contributed by atoms with Crippen LogP contribution in [0.4, 0.5) is 10.8 Å². The Balaban J connectivity index is 1.50. The van der Waals surface area contributed by atoms with Crippen molar-refractivity contribution in [3.63, 3.8) is 0 Å². The standard InChI is InChI=1S/C24H30N6O3S2/c1-13(2)33-19-6-5-15(21(25)31)11-17(19)28-24-29-18(12-34-24)20-14(3)26-23(35-20)22(32)27-16-7-9-30(4)10-8-16/h5-6,11-13,16H,7-10H2,1-4H3,(H2,25,31)(H,27,32)(H,28,29). The number of hydrogen-bond donors (Lipinski definition) is 3. The Labute approximate surface area is 212 Å². The van der Waals surface area contributed by atoms with E-state index in [0.29, 0.717) is 27.1 Å². The first-order valence-corrected chi connectivity index (χ1v) is 13.2. The number of aromatic nitrogens is 2. The van der Waals surface area contributed by atoms with Crippen molar-refractivity contribution in [1.82, 2.24) is 20.2 Å². The van der Waals surface area contributed by atoms with Gasteiger partial charge in [-0.25, -0.2) is 9.97 Å². The van der Waals surface area contributed by atoms with E-state index < -0.39 is 5.91 Å². The molecule has 0 atom stereocenters. The predicted molar refractivity (Wildman–Crippen MR) is 140 cm³/mol. The van der Waals surface area contributed by atoms with Gasteiger partial charge in [0.15, 0.2) is 10.1 Å². The summed E-state index contributed by atoms with van der Waals surface area (Å²) in [5.74, 6) is -0.0508. The number of nitrogens with two attached hydrogens (primary N) is 1. The number of benzene rings is 1. The lowest BCUT2D eigenvalue weighted by Crippen LogP contribution is -2.43.